The van der Waals surface area contributed by atoms with Gasteiger partial charge in [-0.2, -0.15) is 0 Å². The molecule has 3 amide bonds. The van der Waals surface area contributed by atoms with Crippen LogP contribution in [0.5, 0.6) is 0 Å². The quantitative estimate of drug-likeness (QED) is 0.753. The third-order valence-corrected chi connectivity index (χ3v) is 7.19. The van der Waals surface area contributed by atoms with Crippen LogP contribution in [-0.4, -0.2) is 39.8 Å². The van der Waals surface area contributed by atoms with Crippen molar-refractivity contribution in [3.63, 3.8) is 0 Å². The van der Waals surface area contributed by atoms with Crippen LogP contribution in [-0.2, 0) is 9.59 Å². The van der Waals surface area contributed by atoms with Crippen molar-refractivity contribution >= 4 is 28.8 Å². The van der Waals surface area contributed by atoms with E-state index in [2.05, 4.69) is 12.2 Å². The molecule has 5 nitrogen and oxygen atoms in total. The predicted octanol–water partition coefficient (Wildman–Crippen LogP) is 4.11. The van der Waals surface area contributed by atoms with Crippen molar-refractivity contribution in [3.05, 3.63) is 0 Å². The van der Waals surface area contributed by atoms with Gasteiger partial charge in [0.25, 0.3) is 5.24 Å². The Balaban J connectivity index is 1.54. The Hall–Kier alpha value is -1.04. The number of unbranched alkanes of at least 4 members (excludes halogenated alkanes) is 1. The van der Waals surface area contributed by atoms with E-state index in [1.54, 1.807) is 0 Å². The van der Waals surface area contributed by atoms with Crippen LogP contribution in [0.3, 0.4) is 0 Å². The number of carbonyl (C=O) groups is 3. The number of hydrogen-bond donors (Lipinski definition) is 1. The Bertz CT molecular complexity index is 515. The highest BCUT2D eigenvalue weighted by Crippen LogP contribution is 2.33. The van der Waals surface area contributed by atoms with Crippen LogP contribution >= 0.6 is 11.8 Å². The van der Waals surface area contributed by atoms with Gasteiger partial charge in [-0.15, -0.1) is 0 Å². The van der Waals surface area contributed by atoms with Crippen molar-refractivity contribution in [1.29, 1.82) is 0 Å². The van der Waals surface area contributed by atoms with E-state index in [0.717, 1.165) is 69.0 Å². The van der Waals surface area contributed by atoms with Crippen LogP contribution in [0.1, 0.15) is 77.6 Å². The molecule has 1 saturated heterocycles. The number of rotatable bonds is 6. The summed E-state index contributed by atoms with van der Waals surface area (Å²) in [5.41, 5.74) is 0. The fourth-order valence-electron chi connectivity index (χ4n) is 4.78. The van der Waals surface area contributed by atoms with Crippen LogP contribution in [0.4, 0.5) is 4.79 Å². The molecule has 0 spiro atoms. The van der Waals surface area contributed by atoms with Crippen LogP contribution in [0.25, 0.3) is 0 Å². The molecule has 1 aliphatic heterocycles. The van der Waals surface area contributed by atoms with Gasteiger partial charge < -0.3 is 5.32 Å². The van der Waals surface area contributed by atoms with Gasteiger partial charge in [-0.25, -0.2) is 0 Å². The minimum absolute atomic E-state index is 0.0688. The van der Waals surface area contributed by atoms with Crippen LogP contribution in [0, 0.1) is 11.8 Å². The second-order valence-corrected chi connectivity index (χ2v) is 9.07. The summed E-state index contributed by atoms with van der Waals surface area (Å²) in [6, 6.07) is -0.218. The highest BCUT2D eigenvalue weighted by Gasteiger charge is 2.41. The molecule has 3 aliphatic rings. The average Bonchev–Trinajstić information content (AvgIpc) is 2.99. The van der Waals surface area contributed by atoms with Crippen LogP contribution in [0.15, 0.2) is 0 Å². The number of amides is 3. The van der Waals surface area contributed by atoms with Crippen molar-refractivity contribution < 1.29 is 14.4 Å². The first-order valence-corrected chi connectivity index (χ1v) is 11.4. The lowest BCUT2D eigenvalue weighted by atomic mass is 9.79. The molecule has 3 fully saturated rings. The highest BCUT2D eigenvalue weighted by atomic mass is 32.2. The van der Waals surface area contributed by atoms with Crippen LogP contribution in [0.2, 0.25) is 0 Å². The average molecular weight is 381 g/mol. The predicted molar refractivity (Wildman–Crippen MR) is 104 cm³/mol. The number of carbonyl (C=O) groups excluding carboxylic acids is 3. The fourth-order valence-corrected chi connectivity index (χ4v) is 5.54. The molecule has 0 aromatic heterocycles. The van der Waals surface area contributed by atoms with E-state index in [9.17, 15) is 14.4 Å². The van der Waals surface area contributed by atoms with Gasteiger partial charge in [0.1, 0.15) is 0 Å². The highest BCUT2D eigenvalue weighted by molar-refractivity contribution is 8.14. The molecule has 0 aromatic carbocycles. The third kappa shape index (κ3) is 4.62. The standard InChI is InChI=1S/C20H32N2O3S/c1-2-3-6-14-9-11-15(12-10-14)19(24)21-16-7-4-5-8-17(16)22-18(23)13-26-20(22)25/h14-17H,2-13H2,1H3,(H,21,24). The molecule has 2 aliphatic carbocycles. The van der Waals surface area contributed by atoms with Crippen molar-refractivity contribution in [2.75, 3.05) is 5.75 Å². The normalized spacial score (nSPS) is 32.7. The van der Waals surface area contributed by atoms with Gasteiger partial charge in [0.05, 0.1) is 11.8 Å². The van der Waals surface area contributed by atoms with Gasteiger partial charge >= 0.3 is 0 Å². The lowest BCUT2D eigenvalue weighted by molar-refractivity contribution is -0.131. The largest absolute Gasteiger partial charge is 0.351 e. The topological polar surface area (TPSA) is 66.5 Å². The Morgan fingerprint density at radius 3 is 2.50 bits per heavy atom. The Morgan fingerprint density at radius 2 is 1.85 bits per heavy atom. The Kier molecular flexibility index (Phi) is 7.01. The summed E-state index contributed by atoms with van der Waals surface area (Å²) in [6.07, 6.45) is 11.9. The molecule has 146 valence electrons. The second-order valence-electron chi connectivity index (χ2n) is 8.15. The first kappa shape index (κ1) is 19.7. The summed E-state index contributed by atoms with van der Waals surface area (Å²) in [5, 5.41) is 3.08. The maximum Gasteiger partial charge on any atom is 0.289 e. The minimum atomic E-state index is -0.149. The molecular formula is C20H32N2O3S. The van der Waals surface area contributed by atoms with Crippen molar-refractivity contribution in [2.45, 2.75) is 89.6 Å². The van der Waals surface area contributed by atoms with Gasteiger partial charge in [-0.05, 0) is 44.4 Å². The second kappa shape index (κ2) is 9.25. The first-order chi connectivity index (χ1) is 12.6. The molecule has 2 atom stereocenters. The molecule has 0 radical (unpaired) electrons. The lowest BCUT2D eigenvalue weighted by Gasteiger charge is -2.38. The summed E-state index contributed by atoms with van der Waals surface area (Å²) in [4.78, 5) is 38.4. The third-order valence-electron chi connectivity index (χ3n) is 6.36. The van der Waals surface area contributed by atoms with E-state index in [0.29, 0.717) is 0 Å². The van der Waals surface area contributed by atoms with Gasteiger partial charge in [0, 0.05) is 12.0 Å². The number of nitrogens with one attached hydrogen (secondary N) is 1. The van der Waals surface area contributed by atoms with Gasteiger partial charge in [-0.3, -0.25) is 19.3 Å². The van der Waals surface area contributed by atoms with E-state index < -0.39 is 0 Å². The number of imide groups is 1. The summed E-state index contributed by atoms with van der Waals surface area (Å²) >= 11 is 1.09. The molecule has 1 heterocycles. The van der Waals surface area contributed by atoms with Gasteiger partial charge in [0.2, 0.25) is 11.8 Å². The Morgan fingerprint density at radius 1 is 1.12 bits per heavy atom. The first-order valence-electron chi connectivity index (χ1n) is 10.4. The maximum atomic E-state index is 12.8. The van der Waals surface area contributed by atoms with Crippen molar-refractivity contribution in [2.24, 2.45) is 11.8 Å². The molecule has 6 heteroatoms. The van der Waals surface area contributed by atoms with E-state index >= 15 is 0 Å². The molecule has 0 aromatic rings. The summed E-state index contributed by atoms with van der Waals surface area (Å²) < 4.78 is 0. The molecule has 26 heavy (non-hydrogen) atoms. The number of nitrogens with zero attached hydrogens (tertiary/aromatic N) is 1. The zero-order chi connectivity index (χ0) is 18.5. The molecule has 2 saturated carbocycles. The smallest absolute Gasteiger partial charge is 0.289 e. The van der Waals surface area contributed by atoms with E-state index in [4.69, 9.17) is 0 Å². The van der Waals surface area contributed by atoms with Crippen LogP contribution < -0.4 is 5.32 Å². The molecular weight excluding hydrogens is 348 g/mol. The minimum Gasteiger partial charge on any atom is -0.351 e. The van der Waals surface area contributed by atoms with Gasteiger partial charge in [0.15, 0.2) is 0 Å². The Labute approximate surface area is 161 Å². The van der Waals surface area contributed by atoms with E-state index in [-0.39, 0.29) is 40.8 Å². The fraction of sp³-hybridized carbons (Fsp3) is 0.850. The van der Waals surface area contributed by atoms with Crippen molar-refractivity contribution in [1.82, 2.24) is 10.2 Å². The molecule has 3 rings (SSSR count). The summed E-state index contributed by atoms with van der Waals surface area (Å²) in [7, 11) is 0. The molecule has 2 unspecified atom stereocenters. The molecule has 0 bridgehead atoms. The lowest BCUT2D eigenvalue weighted by Crippen LogP contribution is -2.55. The van der Waals surface area contributed by atoms with Gasteiger partial charge in [-0.1, -0.05) is 50.8 Å². The number of hydrogen-bond acceptors (Lipinski definition) is 4. The zero-order valence-corrected chi connectivity index (χ0v) is 16.7. The molecule has 1 N–H and O–H groups in total. The van der Waals surface area contributed by atoms with E-state index in [1.807, 2.05) is 0 Å². The summed E-state index contributed by atoms with van der Waals surface area (Å²) in [6.45, 7) is 2.23. The number of thioether (sulfide) groups is 1. The zero-order valence-electron chi connectivity index (χ0n) is 15.9. The van der Waals surface area contributed by atoms with Crippen molar-refractivity contribution in [3.8, 4) is 0 Å². The summed E-state index contributed by atoms with van der Waals surface area (Å²) in [5.74, 6) is 1.19. The maximum absolute atomic E-state index is 12.8. The SMILES string of the molecule is CCCCC1CCC(C(=O)NC2CCCCC2N2C(=O)CSC2=O)CC1. The monoisotopic (exact) mass is 380 g/mol. The van der Waals surface area contributed by atoms with E-state index in [1.165, 1.54) is 24.2 Å².